The van der Waals surface area contributed by atoms with Crippen LogP contribution in [0.2, 0.25) is 0 Å². The molecule has 2 aromatic rings. The maximum atomic E-state index is 10.4. The third kappa shape index (κ3) is 3.88. The molecule has 4 rings (SSSR count). The molecule has 0 spiro atoms. The summed E-state index contributed by atoms with van der Waals surface area (Å²) in [6.45, 7) is 5.00. The Morgan fingerprint density at radius 1 is 1.26 bits per heavy atom. The van der Waals surface area contributed by atoms with Crippen LogP contribution in [0.1, 0.15) is 5.69 Å². The third-order valence-corrected chi connectivity index (χ3v) is 4.01. The van der Waals surface area contributed by atoms with Crippen LogP contribution in [0, 0.1) is 0 Å². The van der Waals surface area contributed by atoms with Gasteiger partial charge in [-0.1, -0.05) is 6.07 Å². The molecule has 23 heavy (non-hydrogen) atoms. The maximum absolute atomic E-state index is 10.4. The molecule has 0 radical (unpaired) electrons. The monoisotopic (exact) mass is 318 g/mol. The lowest BCUT2D eigenvalue weighted by molar-refractivity contribution is -0.0735. The van der Waals surface area contributed by atoms with Crippen LogP contribution in [-0.2, 0) is 17.8 Å². The highest BCUT2D eigenvalue weighted by Gasteiger charge is 2.28. The van der Waals surface area contributed by atoms with Gasteiger partial charge in [-0.3, -0.25) is 14.4 Å². The molecule has 8 nitrogen and oxygen atoms in total. The molecular formula is C14H19BN4O4. The molecule has 0 saturated carbocycles. The normalized spacial score (nSPS) is 17.7. The molecule has 0 bridgehead atoms. The molecule has 9 heteroatoms. The Labute approximate surface area is 133 Å². The Hall–Kier alpha value is -1.94. The van der Waals surface area contributed by atoms with E-state index in [-0.39, 0.29) is 11.0 Å². The summed E-state index contributed by atoms with van der Waals surface area (Å²) in [6, 6.07) is 5.34. The van der Waals surface area contributed by atoms with Crippen molar-refractivity contribution in [1.29, 1.82) is 0 Å². The zero-order valence-corrected chi connectivity index (χ0v) is 12.6. The van der Waals surface area contributed by atoms with Crippen LogP contribution in [0.25, 0.3) is 0 Å². The lowest BCUT2D eigenvalue weighted by atomic mass is 9.82. The second-order valence-electron chi connectivity index (χ2n) is 5.57. The van der Waals surface area contributed by atoms with Gasteiger partial charge in [-0.2, -0.15) is 5.10 Å². The SMILES string of the molecule is O=c1ccc(B(O)O)c[nH]1.c1cc2n(n1)CCN(C1COC1)C2. The van der Waals surface area contributed by atoms with Crippen molar-refractivity contribution in [2.75, 3.05) is 19.8 Å². The van der Waals surface area contributed by atoms with Crippen molar-refractivity contribution in [3.63, 3.8) is 0 Å². The summed E-state index contributed by atoms with van der Waals surface area (Å²) in [7, 11) is -1.52. The summed E-state index contributed by atoms with van der Waals surface area (Å²) >= 11 is 0. The second kappa shape index (κ2) is 7.09. The Morgan fingerprint density at radius 2 is 2.09 bits per heavy atom. The van der Waals surface area contributed by atoms with Crippen LogP contribution in [0.15, 0.2) is 35.4 Å². The molecule has 0 atom stereocenters. The average molecular weight is 318 g/mol. The van der Waals surface area contributed by atoms with Crippen molar-refractivity contribution < 1.29 is 14.8 Å². The van der Waals surface area contributed by atoms with Crippen molar-refractivity contribution in [2.24, 2.45) is 0 Å². The first-order valence-corrected chi connectivity index (χ1v) is 7.51. The van der Waals surface area contributed by atoms with E-state index in [1.807, 2.05) is 6.20 Å². The van der Waals surface area contributed by atoms with Gasteiger partial charge in [0, 0.05) is 31.5 Å². The predicted molar refractivity (Wildman–Crippen MR) is 84.1 cm³/mol. The van der Waals surface area contributed by atoms with E-state index in [0.717, 1.165) is 32.8 Å². The number of aromatic amines is 1. The Kier molecular flexibility index (Phi) is 4.92. The van der Waals surface area contributed by atoms with Crippen molar-refractivity contribution in [2.45, 2.75) is 19.1 Å². The van der Waals surface area contributed by atoms with Gasteiger partial charge in [0.1, 0.15) is 0 Å². The first kappa shape index (κ1) is 15.9. The number of ether oxygens (including phenoxy) is 1. The van der Waals surface area contributed by atoms with E-state index in [4.69, 9.17) is 14.8 Å². The second-order valence-corrected chi connectivity index (χ2v) is 5.57. The number of nitrogens with one attached hydrogen (secondary N) is 1. The van der Waals surface area contributed by atoms with E-state index in [1.165, 1.54) is 24.0 Å². The molecule has 4 heterocycles. The number of rotatable bonds is 2. The Morgan fingerprint density at radius 3 is 2.70 bits per heavy atom. The zero-order chi connectivity index (χ0) is 16.2. The fourth-order valence-electron chi connectivity index (χ4n) is 2.53. The number of pyridine rings is 1. The van der Waals surface area contributed by atoms with Gasteiger partial charge in [-0.15, -0.1) is 0 Å². The molecule has 2 aromatic heterocycles. The summed E-state index contributed by atoms with van der Waals surface area (Å²) in [6.07, 6.45) is 3.14. The lowest BCUT2D eigenvalue weighted by Gasteiger charge is -2.39. The van der Waals surface area contributed by atoms with Crippen molar-refractivity contribution in [3.8, 4) is 0 Å². The predicted octanol–water partition coefficient (Wildman–Crippen LogP) is -1.85. The summed E-state index contributed by atoms with van der Waals surface area (Å²) in [5.74, 6) is 0. The number of nitrogens with zero attached hydrogens (tertiary/aromatic N) is 3. The van der Waals surface area contributed by atoms with Crippen LogP contribution < -0.4 is 11.0 Å². The van der Waals surface area contributed by atoms with Crippen molar-refractivity contribution >= 4 is 12.6 Å². The minimum atomic E-state index is -1.52. The van der Waals surface area contributed by atoms with Crippen molar-refractivity contribution in [3.05, 3.63) is 46.6 Å². The number of aromatic nitrogens is 3. The topological polar surface area (TPSA) is 104 Å². The quantitative estimate of drug-likeness (QED) is 0.562. The molecule has 0 aromatic carbocycles. The van der Waals surface area contributed by atoms with Gasteiger partial charge in [0.15, 0.2) is 0 Å². The van der Waals surface area contributed by atoms with Gasteiger partial charge >= 0.3 is 7.12 Å². The van der Waals surface area contributed by atoms with Gasteiger partial charge in [0.25, 0.3) is 0 Å². The number of hydrogen-bond acceptors (Lipinski definition) is 6. The van der Waals surface area contributed by atoms with E-state index >= 15 is 0 Å². The van der Waals surface area contributed by atoms with E-state index < -0.39 is 7.12 Å². The van der Waals surface area contributed by atoms with Crippen molar-refractivity contribution in [1.82, 2.24) is 19.7 Å². The van der Waals surface area contributed by atoms with Gasteiger partial charge < -0.3 is 19.8 Å². The first-order valence-electron chi connectivity index (χ1n) is 7.51. The van der Waals surface area contributed by atoms with Crippen LogP contribution in [0.3, 0.4) is 0 Å². The molecule has 122 valence electrons. The van der Waals surface area contributed by atoms with Gasteiger partial charge in [-0.05, 0) is 11.5 Å². The molecule has 0 aliphatic carbocycles. The van der Waals surface area contributed by atoms with Gasteiger partial charge in [0.2, 0.25) is 5.56 Å². The Balaban J connectivity index is 0.000000142. The zero-order valence-electron chi connectivity index (χ0n) is 12.6. The van der Waals surface area contributed by atoms with Crippen LogP contribution in [0.4, 0.5) is 0 Å². The summed E-state index contributed by atoms with van der Waals surface area (Å²) in [4.78, 5) is 15.2. The van der Waals surface area contributed by atoms with Crippen LogP contribution in [-0.4, -0.2) is 62.6 Å². The molecular weight excluding hydrogens is 299 g/mol. The fraction of sp³-hybridized carbons (Fsp3) is 0.429. The minimum absolute atomic E-state index is 0.260. The highest BCUT2D eigenvalue weighted by Crippen LogP contribution is 2.17. The van der Waals surface area contributed by atoms with E-state index in [0.29, 0.717) is 6.04 Å². The first-order chi connectivity index (χ1) is 11.1. The molecule has 3 N–H and O–H groups in total. The number of hydrogen-bond donors (Lipinski definition) is 3. The number of fused-ring (bicyclic) bond motifs is 1. The third-order valence-electron chi connectivity index (χ3n) is 4.01. The lowest BCUT2D eigenvalue weighted by Crippen LogP contribution is -2.51. The van der Waals surface area contributed by atoms with Crippen LogP contribution in [0.5, 0.6) is 0 Å². The van der Waals surface area contributed by atoms with Gasteiger partial charge in [0.05, 0.1) is 31.5 Å². The van der Waals surface area contributed by atoms with E-state index in [2.05, 4.69) is 25.7 Å². The fourth-order valence-corrected chi connectivity index (χ4v) is 2.53. The molecule has 1 fully saturated rings. The average Bonchev–Trinajstić information content (AvgIpc) is 2.94. The molecule has 0 unspecified atom stereocenters. The summed E-state index contributed by atoms with van der Waals surface area (Å²) in [5.41, 5.74) is 1.35. The molecule has 2 aliphatic heterocycles. The van der Waals surface area contributed by atoms with Gasteiger partial charge in [-0.25, -0.2) is 0 Å². The Bertz CT molecular complexity index is 678. The van der Waals surface area contributed by atoms with E-state index in [1.54, 1.807) is 0 Å². The standard InChI is InChI=1S/C9H13N3O.C5H6BNO3/c1-2-10-12-4-3-11(5-8(1)12)9-6-13-7-9;8-5-2-1-4(3-7-5)6(9)10/h1-2,9H,3-7H2;1-3,9-10H,(H,7,8). The highest BCUT2D eigenvalue weighted by molar-refractivity contribution is 6.58. The maximum Gasteiger partial charge on any atom is 0.489 e. The van der Waals surface area contributed by atoms with E-state index in [9.17, 15) is 4.79 Å². The molecule has 2 aliphatic rings. The smallest absolute Gasteiger partial charge is 0.423 e. The van der Waals surface area contributed by atoms with Crippen LogP contribution >= 0.6 is 0 Å². The molecule has 0 amide bonds. The highest BCUT2D eigenvalue weighted by atomic mass is 16.5. The summed E-state index contributed by atoms with van der Waals surface area (Å²) < 4.78 is 7.29. The minimum Gasteiger partial charge on any atom is -0.423 e. The number of H-pyrrole nitrogens is 1. The summed E-state index contributed by atoms with van der Waals surface area (Å²) in [5, 5.41) is 21.3. The largest absolute Gasteiger partial charge is 0.489 e. The molecule has 1 saturated heterocycles.